The van der Waals surface area contributed by atoms with Crippen molar-refractivity contribution >= 4 is 9.84 Å². The lowest BCUT2D eigenvalue weighted by atomic mass is 9.75. The predicted molar refractivity (Wildman–Crippen MR) is 68.2 cm³/mol. The van der Waals surface area contributed by atoms with Crippen molar-refractivity contribution in [3.05, 3.63) is 29.8 Å². The van der Waals surface area contributed by atoms with Gasteiger partial charge in [0.1, 0.15) is 15.6 Å². The van der Waals surface area contributed by atoms with Gasteiger partial charge in [-0.3, -0.25) is 0 Å². The minimum Gasteiger partial charge on any atom is -0.493 e. The van der Waals surface area contributed by atoms with Crippen LogP contribution in [0.2, 0.25) is 0 Å². The van der Waals surface area contributed by atoms with Crippen molar-refractivity contribution in [3.8, 4) is 11.8 Å². The normalized spacial score (nSPS) is 22.7. The molecule has 0 radical (unpaired) electrons. The molecular formula is C13H15NO3S. The molecule has 4 nitrogen and oxygen atoms in total. The molecule has 0 fully saturated rings. The van der Waals surface area contributed by atoms with Crippen molar-refractivity contribution < 1.29 is 13.2 Å². The molecule has 18 heavy (non-hydrogen) atoms. The van der Waals surface area contributed by atoms with Crippen molar-refractivity contribution in [2.24, 2.45) is 0 Å². The first kappa shape index (κ1) is 12.9. The Labute approximate surface area is 107 Å². The zero-order valence-corrected chi connectivity index (χ0v) is 11.0. The molecule has 0 spiro atoms. The van der Waals surface area contributed by atoms with E-state index in [1.807, 2.05) is 24.3 Å². The first-order valence-electron chi connectivity index (χ1n) is 5.78. The number of nitriles is 1. The van der Waals surface area contributed by atoms with Gasteiger partial charge in [-0.15, -0.1) is 0 Å². The summed E-state index contributed by atoms with van der Waals surface area (Å²) in [7, 11) is -3.07. The number of hydrogen-bond donors (Lipinski definition) is 0. The van der Waals surface area contributed by atoms with E-state index in [0.29, 0.717) is 25.2 Å². The fourth-order valence-corrected chi connectivity index (χ4v) is 2.97. The Kier molecular flexibility index (Phi) is 3.31. The minimum atomic E-state index is -3.07. The summed E-state index contributed by atoms with van der Waals surface area (Å²) in [5.41, 5.74) is 0.0696. The average Bonchev–Trinajstić information content (AvgIpc) is 2.35. The quantitative estimate of drug-likeness (QED) is 0.833. The van der Waals surface area contributed by atoms with E-state index in [4.69, 9.17) is 4.74 Å². The van der Waals surface area contributed by atoms with Gasteiger partial charge < -0.3 is 4.74 Å². The highest BCUT2D eigenvalue weighted by atomic mass is 32.2. The molecule has 1 aliphatic heterocycles. The lowest BCUT2D eigenvalue weighted by Gasteiger charge is -2.32. The van der Waals surface area contributed by atoms with Gasteiger partial charge in [0.25, 0.3) is 0 Å². The van der Waals surface area contributed by atoms with Crippen LogP contribution in [0.15, 0.2) is 24.3 Å². The predicted octanol–water partition coefficient (Wildman–Crippen LogP) is 1.67. The van der Waals surface area contributed by atoms with Crippen LogP contribution in [0.5, 0.6) is 5.75 Å². The molecule has 0 aliphatic carbocycles. The molecule has 96 valence electrons. The van der Waals surface area contributed by atoms with Gasteiger partial charge in [0, 0.05) is 18.2 Å². The van der Waals surface area contributed by atoms with Crippen molar-refractivity contribution in [2.75, 3.05) is 18.6 Å². The van der Waals surface area contributed by atoms with E-state index < -0.39 is 15.3 Å². The van der Waals surface area contributed by atoms with Gasteiger partial charge in [-0.25, -0.2) is 8.42 Å². The Balaban J connectivity index is 2.37. The smallest absolute Gasteiger partial charge is 0.147 e. The molecule has 1 aliphatic rings. The Hall–Kier alpha value is -1.54. The lowest BCUT2D eigenvalue weighted by Crippen LogP contribution is -2.33. The number of sulfone groups is 1. The highest BCUT2D eigenvalue weighted by Crippen LogP contribution is 2.40. The van der Waals surface area contributed by atoms with Crippen LogP contribution in [0.25, 0.3) is 0 Å². The monoisotopic (exact) mass is 265 g/mol. The van der Waals surface area contributed by atoms with Gasteiger partial charge in [0.2, 0.25) is 0 Å². The molecule has 0 saturated carbocycles. The van der Waals surface area contributed by atoms with Gasteiger partial charge in [0.05, 0.1) is 23.8 Å². The maximum absolute atomic E-state index is 11.3. The molecule has 0 aromatic heterocycles. The van der Waals surface area contributed by atoms with E-state index in [2.05, 4.69) is 6.07 Å². The van der Waals surface area contributed by atoms with E-state index in [1.165, 1.54) is 6.26 Å². The Morgan fingerprint density at radius 3 is 2.83 bits per heavy atom. The van der Waals surface area contributed by atoms with E-state index in [0.717, 1.165) is 5.56 Å². The fourth-order valence-electron chi connectivity index (χ4n) is 2.25. The van der Waals surface area contributed by atoms with Crippen LogP contribution >= 0.6 is 0 Å². The number of nitrogens with zero attached hydrogens (tertiary/aromatic N) is 1. The summed E-state index contributed by atoms with van der Waals surface area (Å²) in [5, 5.41) is 9.48. The SMILES string of the molecule is CS(=O)(=O)CCC1(C#N)CCOc2ccccc21. The zero-order valence-electron chi connectivity index (χ0n) is 10.2. The summed E-state index contributed by atoms with van der Waals surface area (Å²) >= 11 is 0. The van der Waals surface area contributed by atoms with Crippen molar-refractivity contribution in [1.29, 1.82) is 5.26 Å². The summed E-state index contributed by atoms with van der Waals surface area (Å²) in [4.78, 5) is 0. The standard InChI is InChI=1S/C13H15NO3S/c1-18(15,16)9-7-13(10-14)6-8-17-12-5-3-2-4-11(12)13/h2-5H,6-9H2,1H3. The van der Waals surface area contributed by atoms with Crippen LogP contribution in [-0.2, 0) is 15.3 Å². The van der Waals surface area contributed by atoms with Crippen molar-refractivity contribution in [2.45, 2.75) is 18.3 Å². The Bertz CT molecular complexity index is 588. The highest BCUT2D eigenvalue weighted by molar-refractivity contribution is 7.90. The largest absolute Gasteiger partial charge is 0.493 e. The molecule has 1 aromatic rings. The molecule has 0 saturated heterocycles. The maximum Gasteiger partial charge on any atom is 0.147 e. The second kappa shape index (κ2) is 4.62. The third kappa shape index (κ3) is 2.49. The van der Waals surface area contributed by atoms with E-state index in [-0.39, 0.29) is 5.75 Å². The molecule has 0 amide bonds. The van der Waals surface area contributed by atoms with Gasteiger partial charge in [-0.1, -0.05) is 18.2 Å². The first-order chi connectivity index (χ1) is 8.47. The van der Waals surface area contributed by atoms with Gasteiger partial charge >= 0.3 is 0 Å². The summed E-state index contributed by atoms with van der Waals surface area (Å²) in [6.07, 6.45) is 2.06. The summed E-state index contributed by atoms with van der Waals surface area (Å²) in [6.45, 7) is 0.453. The number of para-hydroxylation sites is 1. The van der Waals surface area contributed by atoms with Crippen LogP contribution in [0.3, 0.4) is 0 Å². The lowest BCUT2D eigenvalue weighted by molar-refractivity contribution is 0.239. The number of ether oxygens (including phenoxy) is 1. The minimum absolute atomic E-state index is 0.0227. The van der Waals surface area contributed by atoms with Crippen LogP contribution in [0.1, 0.15) is 18.4 Å². The third-order valence-corrected chi connectivity index (χ3v) is 4.25. The third-order valence-electron chi connectivity index (χ3n) is 3.30. The second-order valence-corrected chi connectivity index (χ2v) is 6.93. The zero-order chi connectivity index (χ0) is 13.2. The maximum atomic E-state index is 11.3. The van der Waals surface area contributed by atoms with Gasteiger partial charge in [0.15, 0.2) is 0 Å². The number of hydrogen-bond acceptors (Lipinski definition) is 4. The Morgan fingerprint density at radius 2 is 2.17 bits per heavy atom. The average molecular weight is 265 g/mol. The fraction of sp³-hybridized carbons (Fsp3) is 0.462. The van der Waals surface area contributed by atoms with Crippen LogP contribution in [-0.4, -0.2) is 27.0 Å². The molecular weight excluding hydrogens is 250 g/mol. The Morgan fingerprint density at radius 1 is 1.44 bits per heavy atom. The van der Waals surface area contributed by atoms with E-state index >= 15 is 0 Å². The van der Waals surface area contributed by atoms with Crippen LogP contribution in [0.4, 0.5) is 0 Å². The van der Waals surface area contributed by atoms with Crippen LogP contribution in [0, 0.1) is 11.3 Å². The topological polar surface area (TPSA) is 67.2 Å². The van der Waals surface area contributed by atoms with Gasteiger partial charge in [-0.2, -0.15) is 5.26 Å². The molecule has 5 heteroatoms. The van der Waals surface area contributed by atoms with Crippen molar-refractivity contribution in [1.82, 2.24) is 0 Å². The molecule has 1 unspecified atom stereocenters. The highest BCUT2D eigenvalue weighted by Gasteiger charge is 2.38. The summed E-state index contributed by atoms with van der Waals surface area (Å²) < 4.78 is 28.1. The summed E-state index contributed by atoms with van der Waals surface area (Å²) in [6, 6.07) is 9.67. The van der Waals surface area contributed by atoms with E-state index in [9.17, 15) is 13.7 Å². The van der Waals surface area contributed by atoms with E-state index in [1.54, 1.807) is 0 Å². The second-order valence-electron chi connectivity index (χ2n) is 4.67. The molecule has 0 bridgehead atoms. The summed E-state index contributed by atoms with van der Waals surface area (Å²) in [5.74, 6) is 0.716. The molecule has 0 N–H and O–H groups in total. The van der Waals surface area contributed by atoms with Crippen LogP contribution < -0.4 is 4.74 Å². The van der Waals surface area contributed by atoms with Gasteiger partial charge in [-0.05, 0) is 12.5 Å². The molecule has 1 atom stereocenters. The number of rotatable bonds is 3. The molecule has 1 heterocycles. The van der Waals surface area contributed by atoms with Crippen molar-refractivity contribution in [3.63, 3.8) is 0 Å². The molecule has 2 rings (SSSR count). The number of fused-ring (bicyclic) bond motifs is 1. The molecule has 1 aromatic carbocycles. The first-order valence-corrected chi connectivity index (χ1v) is 7.84. The number of benzene rings is 1.